The summed E-state index contributed by atoms with van der Waals surface area (Å²) < 4.78 is 1.05. The summed E-state index contributed by atoms with van der Waals surface area (Å²) in [5, 5.41) is 0. The number of likely N-dealkylation sites (N-methyl/N-ethyl adjacent to an activating group) is 1. The minimum absolute atomic E-state index is 0.623. The van der Waals surface area contributed by atoms with Crippen molar-refractivity contribution >= 4 is 21.6 Å². The Hall–Kier alpha value is -0.610. The largest absolute Gasteiger partial charge is 0.367 e. The van der Waals surface area contributed by atoms with Crippen LogP contribution in [-0.2, 0) is 0 Å². The van der Waals surface area contributed by atoms with Crippen molar-refractivity contribution in [3.63, 3.8) is 0 Å². The highest BCUT2D eigenvalue weighted by molar-refractivity contribution is 9.10. The van der Waals surface area contributed by atoms with Crippen LogP contribution in [0.25, 0.3) is 0 Å². The molecule has 1 aromatic rings. The molecule has 2 heterocycles. The fourth-order valence-electron chi connectivity index (χ4n) is 2.27. The fraction of sp³-hybridized carbons (Fsp3) is 0.583. The second kappa shape index (κ2) is 5.15. The number of hydrogen-bond acceptors (Lipinski definition) is 3. The smallest absolute Gasteiger partial charge is 0.0565 e. The third-order valence-electron chi connectivity index (χ3n) is 3.23. The number of rotatable bonds is 2. The van der Waals surface area contributed by atoms with E-state index in [1.165, 1.54) is 5.69 Å². The third kappa shape index (κ3) is 2.55. The van der Waals surface area contributed by atoms with Crippen molar-refractivity contribution in [1.82, 2.24) is 9.88 Å². The zero-order chi connectivity index (χ0) is 11.5. The molecule has 0 aliphatic carbocycles. The molecule has 1 aliphatic heterocycles. The van der Waals surface area contributed by atoms with Gasteiger partial charge in [-0.1, -0.05) is 6.92 Å². The van der Waals surface area contributed by atoms with Crippen LogP contribution in [-0.4, -0.2) is 42.1 Å². The topological polar surface area (TPSA) is 19.4 Å². The van der Waals surface area contributed by atoms with Crippen LogP contribution in [0.5, 0.6) is 0 Å². The highest BCUT2D eigenvalue weighted by atomic mass is 79.9. The van der Waals surface area contributed by atoms with E-state index in [1.54, 1.807) is 0 Å². The Kier molecular flexibility index (Phi) is 3.82. The summed E-state index contributed by atoms with van der Waals surface area (Å²) in [6, 6.07) is 2.76. The SMILES string of the molecule is CCN1CCN(c2cncc(Br)c2)C[C@@H]1C. The van der Waals surface area contributed by atoms with Crippen LogP contribution >= 0.6 is 15.9 Å². The molecule has 1 saturated heterocycles. The molecule has 0 saturated carbocycles. The minimum Gasteiger partial charge on any atom is -0.367 e. The number of aromatic nitrogens is 1. The van der Waals surface area contributed by atoms with E-state index in [0.29, 0.717) is 6.04 Å². The first kappa shape index (κ1) is 11.9. The molecule has 1 fully saturated rings. The minimum atomic E-state index is 0.623. The number of nitrogens with zero attached hydrogens (tertiary/aromatic N) is 3. The number of anilines is 1. The Balaban J connectivity index is 2.07. The standard InChI is InChI=1S/C12H18BrN3/c1-3-15-4-5-16(9-10(15)2)12-6-11(13)7-14-8-12/h6-8,10H,3-5,9H2,1-2H3/t10-/m0/s1. The lowest BCUT2D eigenvalue weighted by Gasteiger charge is -2.40. The van der Waals surface area contributed by atoms with Gasteiger partial charge in [-0.05, 0) is 35.5 Å². The molecule has 1 aliphatic rings. The van der Waals surface area contributed by atoms with Crippen LogP contribution in [0.2, 0.25) is 0 Å². The summed E-state index contributed by atoms with van der Waals surface area (Å²) in [6.07, 6.45) is 3.77. The Bertz CT molecular complexity index is 356. The molecule has 4 heteroatoms. The average molecular weight is 284 g/mol. The van der Waals surface area contributed by atoms with Gasteiger partial charge in [0.05, 0.1) is 11.9 Å². The Morgan fingerprint density at radius 3 is 2.88 bits per heavy atom. The Morgan fingerprint density at radius 1 is 1.44 bits per heavy atom. The summed E-state index contributed by atoms with van der Waals surface area (Å²) in [5.74, 6) is 0. The van der Waals surface area contributed by atoms with Gasteiger partial charge in [-0.2, -0.15) is 0 Å². The molecule has 0 unspecified atom stereocenters. The van der Waals surface area contributed by atoms with E-state index in [9.17, 15) is 0 Å². The highest BCUT2D eigenvalue weighted by Crippen LogP contribution is 2.21. The first-order valence-corrected chi connectivity index (χ1v) is 6.59. The molecule has 2 rings (SSSR count). The molecule has 88 valence electrons. The maximum atomic E-state index is 4.22. The summed E-state index contributed by atoms with van der Waals surface area (Å²) in [7, 11) is 0. The number of halogens is 1. The molecule has 0 spiro atoms. The van der Waals surface area contributed by atoms with Crippen molar-refractivity contribution in [2.45, 2.75) is 19.9 Å². The summed E-state index contributed by atoms with van der Waals surface area (Å²) in [4.78, 5) is 9.15. The molecule has 0 aromatic carbocycles. The van der Waals surface area contributed by atoms with Gasteiger partial charge >= 0.3 is 0 Å². The Labute approximate surface area is 106 Å². The van der Waals surface area contributed by atoms with Gasteiger partial charge in [-0.25, -0.2) is 0 Å². The summed E-state index contributed by atoms with van der Waals surface area (Å²) in [5.41, 5.74) is 1.22. The molecular weight excluding hydrogens is 266 g/mol. The maximum Gasteiger partial charge on any atom is 0.0565 e. The molecule has 1 aromatic heterocycles. The predicted molar refractivity (Wildman–Crippen MR) is 70.9 cm³/mol. The second-order valence-electron chi connectivity index (χ2n) is 4.28. The van der Waals surface area contributed by atoms with Crippen LogP contribution in [0.3, 0.4) is 0 Å². The molecule has 0 N–H and O–H groups in total. The van der Waals surface area contributed by atoms with Crippen LogP contribution in [0, 0.1) is 0 Å². The lowest BCUT2D eigenvalue weighted by molar-refractivity contribution is 0.199. The number of pyridine rings is 1. The van der Waals surface area contributed by atoms with Gasteiger partial charge in [0.2, 0.25) is 0 Å². The van der Waals surface area contributed by atoms with Gasteiger partial charge in [0.15, 0.2) is 0 Å². The van der Waals surface area contributed by atoms with Crippen molar-refractivity contribution in [2.24, 2.45) is 0 Å². The van der Waals surface area contributed by atoms with Crippen molar-refractivity contribution in [3.05, 3.63) is 22.9 Å². The normalized spacial score (nSPS) is 22.4. The van der Waals surface area contributed by atoms with Gasteiger partial charge < -0.3 is 4.90 Å². The highest BCUT2D eigenvalue weighted by Gasteiger charge is 2.22. The molecule has 0 bridgehead atoms. The van der Waals surface area contributed by atoms with E-state index in [-0.39, 0.29) is 0 Å². The van der Waals surface area contributed by atoms with Gasteiger partial charge in [-0.15, -0.1) is 0 Å². The maximum absolute atomic E-state index is 4.22. The summed E-state index contributed by atoms with van der Waals surface area (Å²) in [6.45, 7) is 8.99. The van der Waals surface area contributed by atoms with E-state index in [0.717, 1.165) is 30.7 Å². The van der Waals surface area contributed by atoms with Gasteiger partial charge in [0.25, 0.3) is 0 Å². The molecular formula is C12H18BrN3. The third-order valence-corrected chi connectivity index (χ3v) is 3.66. The van der Waals surface area contributed by atoms with E-state index in [4.69, 9.17) is 0 Å². The fourth-order valence-corrected chi connectivity index (χ4v) is 2.63. The quantitative estimate of drug-likeness (QED) is 0.831. The first-order valence-electron chi connectivity index (χ1n) is 5.80. The van der Waals surface area contributed by atoms with Crippen molar-refractivity contribution in [1.29, 1.82) is 0 Å². The zero-order valence-corrected chi connectivity index (χ0v) is 11.4. The van der Waals surface area contributed by atoms with E-state index >= 15 is 0 Å². The monoisotopic (exact) mass is 283 g/mol. The van der Waals surface area contributed by atoms with Crippen molar-refractivity contribution in [2.75, 3.05) is 31.1 Å². The van der Waals surface area contributed by atoms with E-state index in [2.05, 4.69) is 50.6 Å². The van der Waals surface area contributed by atoms with Crippen LogP contribution in [0.1, 0.15) is 13.8 Å². The van der Waals surface area contributed by atoms with Crippen molar-refractivity contribution < 1.29 is 0 Å². The average Bonchev–Trinajstić information content (AvgIpc) is 2.29. The van der Waals surface area contributed by atoms with E-state index < -0.39 is 0 Å². The lowest BCUT2D eigenvalue weighted by Crippen LogP contribution is -2.51. The molecule has 0 amide bonds. The second-order valence-corrected chi connectivity index (χ2v) is 5.20. The van der Waals surface area contributed by atoms with Crippen LogP contribution < -0.4 is 4.90 Å². The molecule has 0 radical (unpaired) electrons. The van der Waals surface area contributed by atoms with Gasteiger partial charge in [0, 0.05) is 36.3 Å². The lowest BCUT2D eigenvalue weighted by atomic mass is 10.2. The van der Waals surface area contributed by atoms with Crippen LogP contribution in [0.4, 0.5) is 5.69 Å². The van der Waals surface area contributed by atoms with Crippen LogP contribution in [0.15, 0.2) is 22.9 Å². The summed E-state index contributed by atoms with van der Waals surface area (Å²) >= 11 is 3.47. The zero-order valence-electron chi connectivity index (χ0n) is 9.86. The van der Waals surface area contributed by atoms with Crippen molar-refractivity contribution in [3.8, 4) is 0 Å². The number of piperazine rings is 1. The Morgan fingerprint density at radius 2 is 2.25 bits per heavy atom. The van der Waals surface area contributed by atoms with Gasteiger partial charge in [0.1, 0.15) is 0 Å². The van der Waals surface area contributed by atoms with E-state index in [1.807, 2.05) is 12.4 Å². The first-order chi connectivity index (χ1) is 7.70. The van der Waals surface area contributed by atoms with Gasteiger partial charge in [-0.3, -0.25) is 9.88 Å². The predicted octanol–water partition coefficient (Wildman–Crippen LogP) is 2.37. The molecule has 1 atom stereocenters. The molecule has 3 nitrogen and oxygen atoms in total. The number of hydrogen-bond donors (Lipinski definition) is 0. The molecule has 16 heavy (non-hydrogen) atoms.